The number of aromatic nitrogens is 3. The van der Waals surface area contributed by atoms with Gasteiger partial charge in [-0.1, -0.05) is 12.1 Å². The van der Waals surface area contributed by atoms with Gasteiger partial charge >= 0.3 is 6.03 Å². The van der Waals surface area contributed by atoms with Crippen LogP contribution in [-0.4, -0.2) is 33.7 Å². The number of urea groups is 1. The molecule has 3 heterocycles. The SMILES string of the molecule is CC(NCc1ccn2ncnc2c1)c1ccc(N2CCNC2=O)cc1. The van der Waals surface area contributed by atoms with Crippen LogP contribution in [0, 0.1) is 0 Å². The third kappa shape index (κ3) is 3.18. The van der Waals surface area contributed by atoms with Crippen molar-refractivity contribution >= 4 is 17.4 Å². The quantitative estimate of drug-likeness (QED) is 0.748. The molecule has 1 saturated heterocycles. The van der Waals surface area contributed by atoms with Crippen LogP contribution in [-0.2, 0) is 6.54 Å². The van der Waals surface area contributed by atoms with Crippen LogP contribution in [0.2, 0.25) is 0 Å². The number of pyridine rings is 1. The lowest BCUT2D eigenvalue weighted by molar-refractivity contribution is 0.252. The van der Waals surface area contributed by atoms with Gasteiger partial charge in [-0.05, 0) is 42.3 Å². The molecule has 0 radical (unpaired) electrons. The Bertz CT molecular complexity index is 888. The molecule has 7 heteroatoms. The van der Waals surface area contributed by atoms with Crippen molar-refractivity contribution in [2.24, 2.45) is 0 Å². The fourth-order valence-electron chi connectivity index (χ4n) is 3.02. The Labute approximate surface area is 145 Å². The van der Waals surface area contributed by atoms with E-state index in [0.29, 0.717) is 6.54 Å². The number of hydrogen-bond donors (Lipinski definition) is 2. The van der Waals surface area contributed by atoms with Crippen LogP contribution < -0.4 is 15.5 Å². The van der Waals surface area contributed by atoms with Crippen LogP contribution in [0.15, 0.2) is 48.9 Å². The van der Waals surface area contributed by atoms with Gasteiger partial charge in [0.25, 0.3) is 0 Å². The van der Waals surface area contributed by atoms with Crippen molar-refractivity contribution in [1.82, 2.24) is 25.2 Å². The van der Waals surface area contributed by atoms with Crippen molar-refractivity contribution < 1.29 is 4.79 Å². The first-order valence-corrected chi connectivity index (χ1v) is 8.38. The summed E-state index contributed by atoms with van der Waals surface area (Å²) in [7, 11) is 0. The monoisotopic (exact) mass is 336 g/mol. The van der Waals surface area contributed by atoms with Gasteiger partial charge in [0, 0.05) is 37.6 Å². The molecule has 0 saturated carbocycles. The average Bonchev–Trinajstić information content (AvgIpc) is 3.28. The van der Waals surface area contributed by atoms with Crippen molar-refractivity contribution in [3.05, 3.63) is 60.0 Å². The molecule has 0 spiro atoms. The molecule has 0 bridgehead atoms. The Hall–Kier alpha value is -2.93. The molecule has 128 valence electrons. The highest BCUT2D eigenvalue weighted by atomic mass is 16.2. The van der Waals surface area contributed by atoms with E-state index >= 15 is 0 Å². The first kappa shape index (κ1) is 15.6. The molecule has 2 N–H and O–H groups in total. The Morgan fingerprint density at radius 2 is 2.12 bits per heavy atom. The molecule has 1 aliphatic rings. The Morgan fingerprint density at radius 3 is 2.88 bits per heavy atom. The number of amides is 2. The van der Waals surface area contributed by atoms with E-state index in [0.717, 1.165) is 30.0 Å². The number of carbonyl (C=O) groups excluding carboxylic acids is 1. The maximum atomic E-state index is 11.7. The largest absolute Gasteiger partial charge is 0.336 e. The highest BCUT2D eigenvalue weighted by molar-refractivity contribution is 5.93. The molecule has 1 unspecified atom stereocenters. The summed E-state index contributed by atoms with van der Waals surface area (Å²) in [6, 6.07) is 12.4. The summed E-state index contributed by atoms with van der Waals surface area (Å²) in [6.45, 7) is 4.31. The lowest BCUT2D eigenvalue weighted by Gasteiger charge is -2.17. The minimum atomic E-state index is -0.0252. The summed E-state index contributed by atoms with van der Waals surface area (Å²) in [4.78, 5) is 17.7. The predicted octanol–water partition coefficient (Wildman–Crippen LogP) is 2.11. The summed E-state index contributed by atoms with van der Waals surface area (Å²) in [5, 5.41) is 10.4. The van der Waals surface area contributed by atoms with Gasteiger partial charge in [-0.15, -0.1) is 0 Å². The fourth-order valence-corrected chi connectivity index (χ4v) is 3.02. The minimum Gasteiger partial charge on any atom is -0.336 e. The van der Waals surface area contributed by atoms with E-state index in [1.165, 1.54) is 5.56 Å². The third-order valence-electron chi connectivity index (χ3n) is 4.52. The smallest absolute Gasteiger partial charge is 0.321 e. The van der Waals surface area contributed by atoms with E-state index in [4.69, 9.17) is 0 Å². The van der Waals surface area contributed by atoms with Gasteiger partial charge in [0.05, 0.1) is 0 Å². The summed E-state index contributed by atoms with van der Waals surface area (Å²) in [5.74, 6) is 0. The number of anilines is 1. The maximum Gasteiger partial charge on any atom is 0.321 e. The second-order valence-corrected chi connectivity index (χ2v) is 6.18. The molecule has 2 amide bonds. The van der Waals surface area contributed by atoms with E-state index in [1.54, 1.807) is 15.7 Å². The number of fused-ring (bicyclic) bond motifs is 1. The van der Waals surface area contributed by atoms with Crippen molar-refractivity contribution in [2.45, 2.75) is 19.5 Å². The highest BCUT2D eigenvalue weighted by Gasteiger charge is 2.20. The van der Waals surface area contributed by atoms with Gasteiger partial charge in [0.2, 0.25) is 0 Å². The minimum absolute atomic E-state index is 0.0252. The topological polar surface area (TPSA) is 74.6 Å². The zero-order valence-corrected chi connectivity index (χ0v) is 14.0. The first-order valence-electron chi connectivity index (χ1n) is 8.38. The molecule has 1 aromatic carbocycles. The molecule has 0 aliphatic carbocycles. The fraction of sp³-hybridized carbons (Fsp3) is 0.278. The number of nitrogens with zero attached hydrogens (tertiary/aromatic N) is 4. The molecular weight excluding hydrogens is 316 g/mol. The van der Waals surface area contributed by atoms with E-state index in [1.807, 2.05) is 30.5 Å². The Morgan fingerprint density at radius 1 is 1.28 bits per heavy atom. The summed E-state index contributed by atoms with van der Waals surface area (Å²) >= 11 is 0. The van der Waals surface area contributed by atoms with E-state index in [9.17, 15) is 4.79 Å². The molecule has 2 aromatic heterocycles. The van der Waals surface area contributed by atoms with Gasteiger partial charge in [-0.2, -0.15) is 5.10 Å². The zero-order chi connectivity index (χ0) is 17.2. The number of benzene rings is 1. The van der Waals surface area contributed by atoms with E-state index < -0.39 is 0 Å². The second kappa shape index (κ2) is 6.52. The van der Waals surface area contributed by atoms with Gasteiger partial charge in [0.15, 0.2) is 5.65 Å². The third-order valence-corrected chi connectivity index (χ3v) is 4.52. The van der Waals surface area contributed by atoms with Crippen molar-refractivity contribution in [1.29, 1.82) is 0 Å². The lowest BCUT2D eigenvalue weighted by Crippen LogP contribution is -2.27. The lowest BCUT2D eigenvalue weighted by atomic mass is 10.1. The van der Waals surface area contributed by atoms with Gasteiger partial charge in [-0.3, -0.25) is 4.90 Å². The molecule has 4 rings (SSSR count). The van der Waals surface area contributed by atoms with Crippen LogP contribution in [0.3, 0.4) is 0 Å². The molecular formula is C18H20N6O. The molecule has 3 aromatic rings. The van der Waals surface area contributed by atoms with Crippen molar-refractivity contribution in [2.75, 3.05) is 18.0 Å². The second-order valence-electron chi connectivity index (χ2n) is 6.18. The normalized spacial score (nSPS) is 15.6. The number of hydrogen-bond acceptors (Lipinski definition) is 4. The first-order chi connectivity index (χ1) is 12.2. The molecule has 1 atom stereocenters. The van der Waals surface area contributed by atoms with Crippen LogP contribution in [0.5, 0.6) is 0 Å². The predicted molar refractivity (Wildman–Crippen MR) is 95.4 cm³/mol. The average molecular weight is 336 g/mol. The van der Waals surface area contributed by atoms with Gasteiger partial charge < -0.3 is 10.6 Å². The Kier molecular flexibility index (Phi) is 4.07. The molecule has 7 nitrogen and oxygen atoms in total. The number of carbonyl (C=O) groups is 1. The highest BCUT2D eigenvalue weighted by Crippen LogP contribution is 2.21. The summed E-state index contributed by atoms with van der Waals surface area (Å²) in [6.07, 6.45) is 3.47. The van der Waals surface area contributed by atoms with Gasteiger partial charge in [0.1, 0.15) is 6.33 Å². The van der Waals surface area contributed by atoms with E-state index in [-0.39, 0.29) is 12.1 Å². The van der Waals surface area contributed by atoms with Crippen molar-refractivity contribution in [3.63, 3.8) is 0 Å². The van der Waals surface area contributed by atoms with Crippen LogP contribution >= 0.6 is 0 Å². The van der Waals surface area contributed by atoms with E-state index in [2.05, 4.69) is 39.8 Å². The Balaban J connectivity index is 1.40. The van der Waals surface area contributed by atoms with Crippen LogP contribution in [0.4, 0.5) is 10.5 Å². The molecule has 25 heavy (non-hydrogen) atoms. The molecule has 1 fully saturated rings. The maximum absolute atomic E-state index is 11.7. The standard InChI is InChI=1S/C18H20N6O/c1-13(20-11-14-6-8-24-17(10-14)21-12-22-24)15-2-4-16(5-3-15)23-9-7-19-18(23)25/h2-6,8,10,12-13,20H,7,9,11H2,1H3,(H,19,25). The van der Waals surface area contributed by atoms with Gasteiger partial charge in [-0.25, -0.2) is 14.3 Å². The van der Waals surface area contributed by atoms with Crippen molar-refractivity contribution in [3.8, 4) is 0 Å². The summed E-state index contributed by atoms with van der Waals surface area (Å²) in [5.41, 5.74) is 4.13. The number of nitrogens with one attached hydrogen (secondary N) is 2. The van der Waals surface area contributed by atoms with Crippen LogP contribution in [0.1, 0.15) is 24.1 Å². The number of rotatable bonds is 5. The van der Waals surface area contributed by atoms with Crippen LogP contribution in [0.25, 0.3) is 5.65 Å². The molecule has 1 aliphatic heterocycles. The zero-order valence-electron chi connectivity index (χ0n) is 14.0. The summed E-state index contributed by atoms with van der Waals surface area (Å²) < 4.78 is 1.75.